The van der Waals surface area contributed by atoms with E-state index >= 15 is 0 Å². The molecule has 0 saturated carbocycles. The number of carbonyl (C=O) groups excluding carboxylic acids is 1. The molecule has 2 rings (SSSR count). The van der Waals surface area contributed by atoms with E-state index in [1.807, 2.05) is 13.8 Å². The number of carbonyl (C=O) groups is 1. The van der Waals surface area contributed by atoms with Gasteiger partial charge in [0.25, 0.3) is 10.0 Å². The second-order valence-electron chi connectivity index (χ2n) is 5.06. The highest BCUT2D eigenvalue weighted by molar-refractivity contribution is 7.91. The lowest BCUT2D eigenvalue weighted by atomic mass is 10.1. The Hall–Kier alpha value is -0.870. The Bertz CT molecular complexity index is 661. The van der Waals surface area contributed by atoms with Gasteiger partial charge in [-0.3, -0.25) is 0 Å². The molecule has 10 heteroatoms. The number of esters is 1. The number of ether oxygens (including phenoxy) is 2. The third-order valence-electron chi connectivity index (χ3n) is 3.79. The molecule has 2 atom stereocenters. The van der Waals surface area contributed by atoms with E-state index in [2.05, 4.69) is 10.1 Å². The van der Waals surface area contributed by atoms with Crippen LogP contribution in [-0.2, 0) is 14.8 Å². The fourth-order valence-electron chi connectivity index (χ4n) is 2.35. The fourth-order valence-corrected chi connectivity index (χ4v) is 5.67. The number of rotatable bonds is 4. The van der Waals surface area contributed by atoms with Gasteiger partial charge in [-0.1, -0.05) is 0 Å². The van der Waals surface area contributed by atoms with E-state index in [9.17, 15) is 13.2 Å². The fraction of sp³-hybridized carbons (Fsp3) is 0.615. The summed E-state index contributed by atoms with van der Waals surface area (Å²) < 4.78 is 37.1. The quantitative estimate of drug-likeness (QED) is 0.788. The lowest BCUT2D eigenvalue weighted by Gasteiger charge is -2.37. The van der Waals surface area contributed by atoms with Crippen LogP contribution >= 0.6 is 23.7 Å². The minimum atomic E-state index is -3.73. The van der Waals surface area contributed by atoms with Gasteiger partial charge in [0, 0.05) is 31.2 Å². The molecule has 0 aromatic carbocycles. The van der Waals surface area contributed by atoms with Crippen LogP contribution in [0.15, 0.2) is 10.3 Å². The Morgan fingerprint density at radius 1 is 1.39 bits per heavy atom. The minimum Gasteiger partial charge on any atom is -0.494 e. The molecular formula is C13H21ClN2O5S2. The third-order valence-corrected chi connectivity index (χ3v) is 7.37. The zero-order valence-electron chi connectivity index (χ0n) is 13.4. The molecule has 1 saturated heterocycles. The monoisotopic (exact) mass is 384 g/mol. The number of nitrogens with zero attached hydrogens (tertiary/aromatic N) is 1. The Balaban J connectivity index is 0.00000264. The van der Waals surface area contributed by atoms with E-state index in [0.29, 0.717) is 13.1 Å². The lowest BCUT2D eigenvalue weighted by Crippen LogP contribution is -2.56. The zero-order chi connectivity index (χ0) is 16.5. The van der Waals surface area contributed by atoms with Crippen LogP contribution in [0.2, 0.25) is 0 Å². The molecule has 0 radical (unpaired) electrons. The number of hydrogen-bond acceptors (Lipinski definition) is 7. The van der Waals surface area contributed by atoms with Gasteiger partial charge in [-0.15, -0.1) is 23.7 Å². The highest BCUT2D eigenvalue weighted by Gasteiger charge is 2.37. The van der Waals surface area contributed by atoms with Crippen molar-refractivity contribution >= 4 is 39.7 Å². The number of methoxy groups -OCH3 is 2. The number of nitrogens with one attached hydrogen (secondary N) is 1. The summed E-state index contributed by atoms with van der Waals surface area (Å²) in [4.78, 5) is 11.8. The van der Waals surface area contributed by atoms with Crippen molar-refractivity contribution in [3.8, 4) is 5.75 Å². The second-order valence-corrected chi connectivity index (χ2v) is 8.20. The van der Waals surface area contributed by atoms with Crippen molar-refractivity contribution in [2.45, 2.75) is 30.1 Å². The molecule has 2 heterocycles. The van der Waals surface area contributed by atoms with Gasteiger partial charge in [0.05, 0.1) is 14.2 Å². The topological polar surface area (TPSA) is 84.9 Å². The molecule has 1 aromatic rings. The molecule has 1 aliphatic rings. The number of sulfonamides is 1. The zero-order valence-corrected chi connectivity index (χ0v) is 15.8. The summed E-state index contributed by atoms with van der Waals surface area (Å²) in [6.45, 7) is 4.76. The Kier molecular flexibility index (Phi) is 6.84. The van der Waals surface area contributed by atoms with Gasteiger partial charge in [0.15, 0.2) is 9.96 Å². The van der Waals surface area contributed by atoms with Crippen LogP contribution in [0.1, 0.15) is 23.5 Å². The van der Waals surface area contributed by atoms with Crippen molar-refractivity contribution < 1.29 is 22.7 Å². The van der Waals surface area contributed by atoms with E-state index in [-0.39, 0.29) is 39.3 Å². The Morgan fingerprint density at radius 3 is 2.61 bits per heavy atom. The average Bonchev–Trinajstić information content (AvgIpc) is 2.94. The van der Waals surface area contributed by atoms with Crippen molar-refractivity contribution in [3.05, 3.63) is 10.9 Å². The van der Waals surface area contributed by atoms with Gasteiger partial charge >= 0.3 is 5.97 Å². The summed E-state index contributed by atoms with van der Waals surface area (Å²) >= 11 is 0.871. The van der Waals surface area contributed by atoms with E-state index < -0.39 is 16.0 Å². The van der Waals surface area contributed by atoms with E-state index in [1.165, 1.54) is 24.6 Å². The number of thiophene rings is 1. The van der Waals surface area contributed by atoms with Crippen LogP contribution in [0, 0.1) is 0 Å². The van der Waals surface area contributed by atoms with Gasteiger partial charge < -0.3 is 14.8 Å². The molecule has 0 aliphatic carbocycles. The van der Waals surface area contributed by atoms with E-state index in [0.717, 1.165) is 11.3 Å². The molecule has 0 bridgehead atoms. The van der Waals surface area contributed by atoms with Crippen LogP contribution in [0.3, 0.4) is 0 Å². The van der Waals surface area contributed by atoms with Crippen molar-refractivity contribution in [3.63, 3.8) is 0 Å². The standard InChI is InChI=1S/C13H20N2O5S2.ClH/c1-8-9(2)15(6-5-14-8)22(17,18)13-10(19-3)7-11(21-13)12(16)20-4;/h7-9,14H,5-6H2,1-4H3;1H. The van der Waals surface area contributed by atoms with Crippen molar-refractivity contribution in [1.29, 1.82) is 0 Å². The molecule has 2 unspecified atom stereocenters. The predicted octanol–water partition coefficient (Wildman–Crippen LogP) is 1.34. The Labute approximate surface area is 146 Å². The molecule has 1 N–H and O–H groups in total. The predicted molar refractivity (Wildman–Crippen MR) is 90.3 cm³/mol. The first kappa shape index (κ1) is 20.2. The molecule has 132 valence electrons. The average molecular weight is 385 g/mol. The first-order valence-electron chi connectivity index (χ1n) is 6.84. The molecule has 7 nitrogen and oxygen atoms in total. The van der Waals surface area contributed by atoms with Crippen molar-refractivity contribution in [2.75, 3.05) is 27.3 Å². The van der Waals surface area contributed by atoms with Crippen LogP contribution in [0.5, 0.6) is 5.75 Å². The summed E-state index contributed by atoms with van der Waals surface area (Å²) in [6.07, 6.45) is 0. The van der Waals surface area contributed by atoms with Crippen LogP contribution in [0.4, 0.5) is 0 Å². The highest BCUT2D eigenvalue weighted by atomic mass is 35.5. The normalized spacial score (nSPS) is 22.3. The summed E-state index contributed by atoms with van der Waals surface area (Å²) in [5.74, 6) is -0.407. The van der Waals surface area contributed by atoms with Crippen molar-refractivity contribution in [1.82, 2.24) is 9.62 Å². The highest BCUT2D eigenvalue weighted by Crippen LogP contribution is 2.37. The summed E-state index contributed by atoms with van der Waals surface area (Å²) in [6, 6.07) is 1.27. The maximum Gasteiger partial charge on any atom is 0.348 e. The van der Waals surface area contributed by atoms with Gasteiger partial charge in [-0.25, -0.2) is 13.2 Å². The minimum absolute atomic E-state index is 0. The first-order chi connectivity index (χ1) is 10.3. The smallest absolute Gasteiger partial charge is 0.348 e. The van der Waals surface area contributed by atoms with E-state index in [4.69, 9.17) is 4.74 Å². The lowest BCUT2D eigenvalue weighted by molar-refractivity contribution is 0.0606. The second kappa shape index (κ2) is 7.80. The summed E-state index contributed by atoms with van der Waals surface area (Å²) in [5.41, 5.74) is 0. The number of hydrogen-bond donors (Lipinski definition) is 1. The first-order valence-corrected chi connectivity index (χ1v) is 9.10. The molecule has 0 spiro atoms. The maximum absolute atomic E-state index is 12.9. The van der Waals surface area contributed by atoms with E-state index in [1.54, 1.807) is 0 Å². The molecule has 0 amide bonds. The Morgan fingerprint density at radius 2 is 2.04 bits per heavy atom. The summed E-state index contributed by atoms with van der Waals surface area (Å²) in [7, 11) is -1.10. The largest absolute Gasteiger partial charge is 0.494 e. The van der Waals surface area contributed by atoms with Gasteiger partial charge in [-0.2, -0.15) is 4.31 Å². The van der Waals surface area contributed by atoms with Crippen molar-refractivity contribution in [2.24, 2.45) is 0 Å². The van der Waals surface area contributed by atoms with Gasteiger partial charge in [0.1, 0.15) is 4.88 Å². The maximum atomic E-state index is 12.9. The van der Waals surface area contributed by atoms with Crippen LogP contribution in [0.25, 0.3) is 0 Å². The molecular weight excluding hydrogens is 364 g/mol. The number of halogens is 1. The summed E-state index contributed by atoms with van der Waals surface area (Å²) in [5, 5.41) is 3.24. The number of piperazine rings is 1. The van der Waals surface area contributed by atoms with Gasteiger partial charge in [-0.05, 0) is 13.8 Å². The van der Waals surface area contributed by atoms with Gasteiger partial charge in [0.2, 0.25) is 0 Å². The third kappa shape index (κ3) is 3.80. The SMILES string of the molecule is COC(=O)c1cc(OC)c(S(=O)(=O)N2CCNC(C)C2C)s1.Cl. The van der Waals surface area contributed by atoms with Crippen LogP contribution in [-0.4, -0.2) is 58.1 Å². The molecule has 1 fully saturated rings. The molecule has 1 aromatic heterocycles. The molecule has 1 aliphatic heterocycles. The van der Waals surface area contributed by atoms with Crippen LogP contribution < -0.4 is 10.1 Å². The molecule has 23 heavy (non-hydrogen) atoms.